The Bertz CT molecular complexity index is 717. The summed E-state index contributed by atoms with van der Waals surface area (Å²) in [5.41, 5.74) is 8.91. The summed E-state index contributed by atoms with van der Waals surface area (Å²) in [7, 11) is 1.71. The standard InChI is InChI=1S/C17H22N2O3/c1-11-13(10-12-6-3-4-7-14(12)18)17(20)22-19(11)15-8-5-9-16(15)21-2/h3-4,6-7,15-16H,5,8-10,18H2,1-2H3. The summed E-state index contributed by atoms with van der Waals surface area (Å²) >= 11 is 0. The van der Waals surface area contributed by atoms with Crippen molar-refractivity contribution in [2.45, 2.75) is 44.8 Å². The average Bonchev–Trinajstić information content (AvgIpc) is 3.08. The maximum absolute atomic E-state index is 12.3. The summed E-state index contributed by atoms with van der Waals surface area (Å²) in [6.07, 6.45) is 3.68. The summed E-state index contributed by atoms with van der Waals surface area (Å²) in [5, 5.41) is 0. The van der Waals surface area contributed by atoms with Gasteiger partial charge >= 0.3 is 5.63 Å². The Hall–Kier alpha value is -2.01. The van der Waals surface area contributed by atoms with Crippen molar-refractivity contribution < 1.29 is 9.26 Å². The largest absolute Gasteiger partial charge is 0.398 e. The second-order valence-electron chi connectivity index (χ2n) is 5.92. The van der Waals surface area contributed by atoms with Gasteiger partial charge < -0.3 is 15.0 Å². The Labute approximate surface area is 129 Å². The summed E-state index contributed by atoms with van der Waals surface area (Å²) in [6.45, 7) is 1.93. The van der Waals surface area contributed by atoms with Crippen molar-refractivity contribution in [3.63, 3.8) is 0 Å². The molecule has 0 bridgehead atoms. The van der Waals surface area contributed by atoms with Crippen molar-refractivity contribution in [3.8, 4) is 0 Å². The molecular formula is C17H22N2O3. The van der Waals surface area contributed by atoms with Crippen LogP contribution in [0, 0.1) is 6.92 Å². The van der Waals surface area contributed by atoms with Crippen LogP contribution in [-0.2, 0) is 11.2 Å². The molecule has 1 heterocycles. The number of nitrogens with two attached hydrogens (primary N) is 1. The van der Waals surface area contributed by atoms with Crippen LogP contribution >= 0.6 is 0 Å². The second kappa shape index (κ2) is 6.01. The van der Waals surface area contributed by atoms with Gasteiger partial charge in [0.15, 0.2) is 0 Å². The van der Waals surface area contributed by atoms with E-state index < -0.39 is 0 Å². The maximum atomic E-state index is 12.3. The molecule has 2 atom stereocenters. The number of aromatic nitrogens is 1. The highest BCUT2D eigenvalue weighted by molar-refractivity contribution is 5.48. The van der Waals surface area contributed by atoms with Gasteiger partial charge in [0, 0.05) is 19.2 Å². The molecule has 118 valence electrons. The molecule has 1 aliphatic carbocycles. The molecule has 5 heteroatoms. The molecule has 0 aliphatic heterocycles. The number of hydrogen-bond donors (Lipinski definition) is 1. The molecule has 0 saturated heterocycles. The zero-order valence-electron chi connectivity index (χ0n) is 13.0. The van der Waals surface area contributed by atoms with E-state index in [1.807, 2.05) is 31.2 Å². The third-order valence-corrected chi connectivity index (χ3v) is 4.64. The average molecular weight is 302 g/mol. The van der Waals surface area contributed by atoms with Gasteiger partial charge in [-0.2, -0.15) is 0 Å². The normalized spacial score (nSPS) is 21.4. The van der Waals surface area contributed by atoms with Crippen molar-refractivity contribution >= 4 is 5.69 Å². The number of nitrogens with zero attached hydrogens (tertiary/aromatic N) is 1. The SMILES string of the molecule is COC1CCCC1n1oc(=O)c(Cc2ccccc2N)c1C. The van der Waals surface area contributed by atoms with Crippen LogP contribution in [-0.4, -0.2) is 18.0 Å². The van der Waals surface area contributed by atoms with E-state index in [0.717, 1.165) is 30.5 Å². The molecule has 1 aromatic carbocycles. The van der Waals surface area contributed by atoms with Gasteiger partial charge in [0.05, 0.1) is 23.4 Å². The molecule has 5 nitrogen and oxygen atoms in total. The van der Waals surface area contributed by atoms with Crippen molar-refractivity contribution in [2.24, 2.45) is 0 Å². The van der Waals surface area contributed by atoms with E-state index in [2.05, 4.69) is 0 Å². The molecular weight excluding hydrogens is 280 g/mol. The van der Waals surface area contributed by atoms with E-state index in [9.17, 15) is 4.79 Å². The molecule has 1 aliphatic rings. The Morgan fingerprint density at radius 3 is 2.86 bits per heavy atom. The zero-order chi connectivity index (χ0) is 15.7. The van der Waals surface area contributed by atoms with Gasteiger partial charge in [0.1, 0.15) is 0 Å². The number of anilines is 1. The molecule has 2 unspecified atom stereocenters. The monoisotopic (exact) mass is 302 g/mol. The lowest BCUT2D eigenvalue weighted by atomic mass is 10.0. The van der Waals surface area contributed by atoms with Crippen LogP contribution in [0.2, 0.25) is 0 Å². The minimum atomic E-state index is -0.275. The van der Waals surface area contributed by atoms with Crippen LogP contribution in [0.1, 0.15) is 42.1 Å². The smallest absolute Gasteiger partial charge is 0.361 e. The summed E-state index contributed by atoms with van der Waals surface area (Å²) in [4.78, 5) is 12.3. The molecule has 1 fully saturated rings. The summed E-state index contributed by atoms with van der Waals surface area (Å²) in [6, 6.07) is 7.72. The number of methoxy groups -OCH3 is 1. The predicted molar refractivity (Wildman–Crippen MR) is 85.1 cm³/mol. The second-order valence-corrected chi connectivity index (χ2v) is 5.92. The molecule has 0 spiro atoms. The van der Waals surface area contributed by atoms with Crippen molar-refractivity contribution in [1.29, 1.82) is 0 Å². The number of rotatable bonds is 4. The van der Waals surface area contributed by atoms with Gasteiger partial charge in [-0.25, -0.2) is 9.53 Å². The first-order valence-corrected chi connectivity index (χ1v) is 7.69. The fraction of sp³-hybridized carbons (Fsp3) is 0.471. The minimum Gasteiger partial charge on any atom is -0.398 e. The summed E-state index contributed by atoms with van der Waals surface area (Å²) in [5.74, 6) is 0. The van der Waals surface area contributed by atoms with Crippen LogP contribution in [0.3, 0.4) is 0 Å². The number of ether oxygens (including phenoxy) is 1. The first-order valence-electron chi connectivity index (χ1n) is 7.69. The van der Waals surface area contributed by atoms with Gasteiger partial charge in [-0.3, -0.25) is 0 Å². The molecule has 1 saturated carbocycles. The number of hydrogen-bond acceptors (Lipinski definition) is 4. The molecule has 1 aromatic heterocycles. The van der Waals surface area contributed by atoms with Gasteiger partial charge in [-0.05, 0) is 37.8 Å². The highest BCUT2D eigenvalue weighted by atomic mass is 16.5. The third kappa shape index (κ3) is 2.57. The van der Waals surface area contributed by atoms with Crippen LogP contribution in [0.4, 0.5) is 5.69 Å². The highest BCUT2D eigenvalue weighted by Crippen LogP contribution is 2.33. The third-order valence-electron chi connectivity index (χ3n) is 4.64. The molecule has 0 radical (unpaired) electrons. The summed E-state index contributed by atoms with van der Waals surface area (Å²) < 4.78 is 12.8. The lowest BCUT2D eigenvalue weighted by Gasteiger charge is -2.19. The van der Waals surface area contributed by atoms with Crippen LogP contribution in [0.15, 0.2) is 33.6 Å². The van der Waals surface area contributed by atoms with Crippen LogP contribution in [0.25, 0.3) is 0 Å². The predicted octanol–water partition coefficient (Wildman–Crippen LogP) is 2.66. The Morgan fingerprint density at radius 2 is 2.14 bits per heavy atom. The zero-order valence-corrected chi connectivity index (χ0v) is 13.0. The Kier molecular flexibility index (Phi) is 4.07. The van der Waals surface area contributed by atoms with Crippen LogP contribution in [0.5, 0.6) is 0 Å². The maximum Gasteiger partial charge on any atom is 0.361 e. The van der Waals surface area contributed by atoms with E-state index in [4.69, 9.17) is 15.0 Å². The topological polar surface area (TPSA) is 70.4 Å². The van der Waals surface area contributed by atoms with Gasteiger partial charge in [-0.15, -0.1) is 0 Å². The highest BCUT2D eigenvalue weighted by Gasteiger charge is 2.32. The van der Waals surface area contributed by atoms with Gasteiger partial charge in [-0.1, -0.05) is 18.2 Å². The first kappa shape index (κ1) is 14.9. The van der Waals surface area contributed by atoms with E-state index in [0.29, 0.717) is 17.7 Å². The number of nitrogen functional groups attached to an aromatic ring is 1. The van der Waals surface area contributed by atoms with Gasteiger partial charge in [0.2, 0.25) is 0 Å². The van der Waals surface area contributed by atoms with E-state index in [1.165, 1.54) is 0 Å². The quantitative estimate of drug-likeness (QED) is 0.881. The van der Waals surface area contributed by atoms with Crippen molar-refractivity contribution in [3.05, 3.63) is 51.5 Å². The molecule has 2 aromatic rings. The minimum absolute atomic E-state index is 0.111. The number of para-hydroxylation sites is 1. The van der Waals surface area contributed by atoms with Crippen molar-refractivity contribution in [1.82, 2.24) is 4.74 Å². The van der Waals surface area contributed by atoms with Crippen LogP contribution < -0.4 is 11.4 Å². The van der Waals surface area contributed by atoms with Gasteiger partial charge in [0.25, 0.3) is 0 Å². The molecule has 2 N–H and O–H groups in total. The Morgan fingerprint density at radius 1 is 1.36 bits per heavy atom. The molecule has 22 heavy (non-hydrogen) atoms. The lowest BCUT2D eigenvalue weighted by Crippen LogP contribution is -2.21. The van der Waals surface area contributed by atoms with E-state index in [-0.39, 0.29) is 17.8 Å². The molecule has 3 rings (SSSR count). The van der Waals surface area contributed by atoms with E-state index >= 15 is 0 Å². The van der Waals surface area contributed by atoms with E-state index in [1.54, 1.807) is 11.8 Å². The first-order chi connectivity index (χ1) is 10.6. The number of benzene rings is 1. The fourth-order valence-electron chi connectivity index (χ4n) is 3.35. The Balaban J connectivity index is 1.94. The fourth-order valence-corrected chi connectivity index (χ4v) is 3.35. The van der Waals surface area contributed by atoms with Crippen molar-refractivity contribution in [2.75, 3.05) is 12.8 Å². The lowest BCUT2D eigenvalue weighted by molar-refractivity contribution is 0.0409. The molecule has 0 amide bonds.